The number of nitrogens with two attached hydrogens (primary N) is 1. The highest BCUT2D eigenvalue weighted by atomic mass is 35.5. The summed E-state index contributed by atoms with van der Waals surface area (Å²) in [4.78, 5) is 10.7. The molecule has 27 heavy (non-hydrogen) atoms. The van der Waals surface area contributed by atoms with E-state index < -0.39 is 34.3 Å². The molecule has 0 saturated carbocycles. The van der Waals surface area contributed by atoms with Crippen molar-refractivity contribution in [2.75, 3.05) is 11.3 Å². The molecule has 0 aliphatic rings. The van der Waals surface area contributed by atoms with E-state index in [4.69, 9.17) is 22.2 Å². The lowest BCUT2D eigenvalue weighted by Crippen LogP contribution is -2.34. The second kappa shape index (κ2) is 8.03. The molecule has 0 saturated heterocycles. The molecule has 7 nitrogen and oxygen atoms in total. The van der Waals surface area contributed by atoms with Gasteiger partial charge in [-0.25, -0.2) is 14.3 Å². The molecule has 2 rings (SSSR count). The van der Waals surface area contributed by atoms with Gasteiger partial charge in [0.05, 0.1) is 15.5 Å². The first-order valence-corrected chi connectivity index (χ1v) is 9.01. The van der Waals surface area contributed by atoms with Crippen molar-refractivity contribution in [3.63, 3.8) is 0 Å². The molecule has 0 aromatic heterocycles. The Bertz CT molecular complexity index is 952. The summed E-state index contributed by atoms with van der Waals surface area (Å²) in [6.07, 6.45) is -4.61. The third kappa shape index (κ3) is 5.49. The van der Waals surface area contributed by atoms with Crippen molar-refractivity contribution in [2.24, 2.45) is 5.84 Å². The molecule has 0 atom stereocenters. The predicted octanol–water partition coefficient (Wildman–Crippen LogP) is 2.53. The quantitative estimate of drug-likeness (QED) is 0.375. The summed E-state index contributed by atoms with van der Waals surface area (Å²) < 4.78 is 70.0. The number of alkyl halides is 3. The number of ether oxygens (including phenoxy) is 1. The number of amides is 1. The van der Waals surface area contributed by atoms with Gasteiger partial charge in [-0.15, -0.1) is 0 Å². The fraction of sp³-hybridized carbons (Fsp3) is 0.133. The second-order valence-corrected chi connectivity index (χ2v) is 7.22. The number of carbonyl (C=O) groups excluding carboxylic acids is 1. The van der Waals surface area contributed by atoms with Gasteiger partial charge in [-0.2, -0.15) is 13.2 Å². The van der Waals surface area contributed by atoms with Crippen molar-refractivity contribution in [1.29, 1.82) is 0 Å². The summed E-state index contributed by atoms with van der Waals surface area (Å²) >= 11 is 5.92. The lowest BCUT2D eigenvalue weighted by Gasteiger charge is -2.12. The first-order valence-electron chi connectivity index (χ1n) is 7.15. The molecule has 0 aliphatic heterocycles. The molecule has 4 N–H and O–H groups in total. The van der Waals surface area contributed by atoms with Crippen molar-refractivity contribution in [1.82, 2.24) is 5.43 Å². The van der Waals surface area contributed by atoms with Crippen LogP contribution in [0.25, 0.3) is 0 Å². The topological polar surface area (TPSA) is 111 Å². The van der Waals surface area contributed by atoms with Gasteiger partial charge in [-0.1, -0.05) is 17.7 Å². The number of anilines is 1. The smallest absolute Gasteiger partial charge is 0.416 e. The molecule has 12 heteroatoms. The lowest BCUT2D eigenvalue weighted by molar-refractivity contribution is -0.137. The number of hydrogen-bond donors (Lipinski definition) is 3. The van der Waals surface area contributed by atoms with Crippen LogP contribution >= 0.6 is 11.6 Å². The van der Waals surface area contributed by atoms with Gasteiger partial charge in [-0.3, -0.25) is 14.9 Å². The Labute approximate surface area is 157 Å². The SMILES string of the molecule is NNC(=O)COc1ccc(S(=O)(=O)Nc2cccc(C(F)(F)F)c2)cc1Cl. The third-order valence-corrected chi connectivity index (χ3v) is 4.85. The van der Waals surface area contributed by atoms with Crippen LogP contribution in [-0.2, 0) is 21.0 Å². The fourth-order valence-electron chi connectivity index (χ4n) is 1.92. The Balaban J connectivity index is 2.22. The Hall–Kier alpha value is -2.50. The van der Waals surface area contributed by atoms with E-state index in [2.05, 4.69) is 0 Å². The summed E-state index contributed by atoms with van der Waals surface area (Å²) in [5.74, 6) is 4.29. The van der Waals surface area contributed by atoms with E-state index in [-0.39, 0.29) is 21.4 Å². The van der Waals surface area contributed by atoms with Crippen LogP contribution in [0.1, 0.15) is 5.56 Å². The molecule has 0 aliphatic carbocycles. The molecule has 146 valence electrons. The van der Waals surface area contributed by atoms with E-state index in [0.717, 1.165) is 24.3 Å². The summed E-state index contributed by atoms with van der Waals surface area (Å²) in [5, 5.41) is -0.119. The van der Waals surface area contributed by atoms with Gasteiger partial charge < -0.3 is 4.74 Å². The van der Waals surface area contributed by atoms with Crippen LogP contribution in [0.4, 0.5) is 18.9 Å². The number of benzene rings is 2. The lowest BCUT2D eigenvalue weighted by atomic mass is 10.2. The van der Waals surface area contributed by atoms with Gasteiger partial charge in [0.25, 0.3) is 15.9 Å². The van der Waals surface area contributed by atoms with Crippen LogP contribution in [0.5, 0.6) is 5.75 Å². The van der Waals surface area contributed by atoms with Gasteiger partial charge in [0.15, 0.2) is 6.61 Å². The predicted molar refractivity (Wildman–Crippen MR) is 91.5 cm³/mol. The number of hydrazine groups is 1. The zero-order valence-electron chi connectivity index (χ0n) is 13.4. The average molecular weight is 424 g/mol. The number of rotatable bonds is 6. The summed E-state index contributed by atoms with van der Waals surface area (Å²) in [5.41, 5.74) is 0.579. The van der Waals surface area contributed by atoms with E-state index in [1.165, 1.54) is 12.1 Å². The van der Waals surface area contributed by atoms with E-state index in [0.29, 0.717) is 6.07 Å². The third-order valence-electron chi connectivity index (χ3n) is 3.18. The van der Waals surface area contributed by atoms with Crippen LogP contribution in [0, 0.1) is 0 Å². The Kier molecular flexibility index (Phi) is 6.19. The standard InChI is InChI=1S/C15H13ClF3N3O4S/c16-12-7-11(4-5-13(12)26-8-14(23)21-20)27(24,25)22-10-3-1-2-9(6-10)15(17,18)19/h1-7,22H,8,20H2,(H,21,23). The molecule has 0 unspecified atom stereocenters. The molecule has 0 heterocycles. The number of carbonyl (C=O) groups is 1. The number of halogens is 4. The normalized spacial score (nSPS) is 11.7. The maximum Gasteiger partial charge on any atom is 0.416 e. The van der Waals surface area contributed by atoms with E-state index in [1.54, 1.807) is 0 Å². The van der Waals surface area contributed by atoms with Crippen molar-refractivity contribution < 1.29 is 31.1 Å². The molecular weight excluding hydrogens is 411 g/mol. The van der Waals surface area contributed by atoms with Gasteiger partial charge >= 0.3 is 6.18 Å². The maximum absolute atomic E-state index is 12.7. The molecular formula is C15H13ClF3N3O4S. The first kappa shape index (κ1) is 20.8. The second-order valence-electron chi connectivity index (χ2n) is 5.13. The Morgan fingerprint density at radius 3 is 2.48 bits per heavy atom. The highest BCUT2D eigenvalue weighted by Gasteiger charge is 2.30. The fourth-order valence-corrected chi connectivity index (χ4v) is 3.30. The summed E-state index contributed by atoms with van der Waals surface area (Å²) in [6, 6.07) is 7.10. The monoisotopic (exact) mass is 423 g/mol. The van der Waals surface area contributed by atoms with Gasteiger partial charge in [-0.05, 0) is 36.4 Å². The zero-order valence-corrected chi connectivity index (χ0v) is 15.0. The minimum Gasteiger partial charge on any atom is -0.482 e. The summed E-state index contributed by atoms with van der Waals surface area (Å²) in [7, 11) is -4.21. The number of hydrogen-bond acceptors (Lipinski definition) is 5. The van der Waals surface area contributed by atoms with Crippen molar-refractivity contribution >= 4 is 33.2 Å². The molecule has 0 radical (unpaired) electrons. The summed E-state index contributed by atoms with van der Waals surface area (Å²) in [6.45, 7) is -0.440. The van der Waals surface area contributed by atoms with Gasteiger partial charge in [0, 0.05) is 5.69 Å². The van der Waals surface area contributed by atoms with Crippen molar-refractivity contribution in [3.05, 3.63) is 53.1 Å². The maximum atomic E-state index is 12.7. The highest BCUT2D eigenvalue weighted by molar-refractivity contribution is 7.92. The Morgan fingerprint density at radius 1 is 1.19 bits per heavy atom. The molecule has 0 spiro atoms. The Morgan fingerprint density at radius 2 is 1.89 bits per heavy atom. The molecule has 1 amide bonds. The molecule has 0 bridgehead atoms. The molecule has 2 aromatic rings. The van der Waals surface area contributed by atoms with Crippen LogP contribution in [0.3, 0.4) is 0 Å². The average Bonchev–Trinajstić information content (AvgIpc) is 2.59. The minimum absolute atomic E-state index is 0.0262. The first-order chi connectivity index (χ1) is 12.5. The van der Waals surface area contributed by atoms with E-state index >= 15 is 0 Å². The minimum atomic E-state index is -4.61. The van der Waals surface area contributed by atoms with Crippen LogP contribution in [-0.4, -0.2) is 20.9 Å². The van der Waals surface area contributed by atoms with Crippen LogP contribution in [0.15, 0.2) is 47.4 Å². The van der Waals surface area contributed by atoms with Crippen molar-refractivity contribution in [3.8, 4) is 5.75 Å². The van der Waals surface area contributed by atoms with Crippen molar-refractivity contribution in [2.45, 2.75) is 11.1 Å². The van der Waals surface area contributed by atoms with Gasteiger partial charge in [0.1, 0.15) is 5.75 Å². The molecule has 0 fully saturated rings. The van der Waals surface area contributed by atoms with Crippen LogP contribution in [0.2, 0.25) is 5.02 Å². The van der Waals surface area contributed by atoms with Gasteiger partial charge in [0.2, 0.25) is 0 Å². The zero-order chi connectivity index (χ0) is 20.2. The highest BCUT2D eigenvalue weighted by Crippen LogP contribution is 2.32. The van der Waals surface area contributed by atoms with E-state index in [1.807, 2.05) is 10.1 Å². The number of nitrogens with one attached hydrogen (secondary N) is 2. The van der Waals surface area contributed by atoms with Crippen LogP contribution < -0.4 is 20.7 Å². The number of sulfonamides is 1. The largest absolute Gasteiger partial charge is 0.482 e. The molecule has 2 aromatic carbocycles. The van der Waals surface area contributed by atoms with E-state index in [9.17, 15) is 26.4 Å².